The summed E-state index contributed by atoms with van der Waals surface area (Å²) in [5.41, 5.74) is -0.659. The Hall–Kier alpha value is -2.85. The Balaban J connectivity index is 1.33. The molecule has 172 valence electrons. The van der Waals surface area contributed by atoms with Gasteiger partial charge in [0.15, 0.2) is 5.69 Å². The van der Waals surface area contributed by atoms with Crippen LogP contribution < -0.4 is 10.6 Å². The minimum atomic E-state index is -0.984. The van der Waals surface area contributed by atoms with E-state index in [9.17, 15) is 18.4 Å². The van der Waals surface area contributed by atoms with E-state index >= 15 is 0 Å². The number of rotatable bonds is 5. The number of aromatic nitrogens is 2. The highest BCUT2D eigenvalue weighted by Gasteiger charge is 2.29. The quantitative estimate of drug-likeness (QED) is 0.655. The maximum Gasteiger partial charge on any atom is 0.274 e. The monoisotopic (exact) mass is 446 g/mol. The van der Waals surface area contributed by atoms with Gasteiger partial charge < -0.3 is 20.4 Å². The largest absolute Gasteiger partial charge is 0.348 e. The number of hydrogen-bond donors (Lipinski definition) is 3. The molecule has 32 heavy (non-hydrogen) atoms. The van der Waals surface area contributed by atoms with E-state index in [1.165, 1.54) is 25.1 Å². The molecule has 1 aromatic carbocycles. The van der Waals surface area contributed by atoms with E-state index in [0.29, 0.717) is 6.04 Å². The molecule has 0 bridgehead atoms. The van der Waals surface area contributed by atoms with Gasteiger partial charge in [-0.05, 0) is 58.0 Å². The standard InChI is InChI=1S/C22H28F2N6O2/c1-29-9-7-15(8-10-29)30-11-5-14(6-12-30)26-22(32)20-18(13-25-28-20)27-21(31)19-16(23)3-2-4-17(19)24/h2-4,13-15H,5-12H2,1H3,(H,25,28)(H,26,32)(H,27,31). The Kier molecular flexibility index (Phi) is 6.80. The lowest BCUT2D eigenvalue weighted by Crippen LogP contribution is -2.50. The van der Waals surface area contributed by atoms with Crippen LogP contribution >= 0.6 is 0 Å². The number of piperidine rings is 2. The van der Waals surface area contributed by atoms with Gasteiger partial charge in [0.1, 0.15) is 17.2 Å². The molecular formula is C22H28F2N6O2. The van der Waals surface area contributed by atoms with Gasteiger partial charge in [0.05, 0.1) is 5.69 Å². The van der Waals surface area contributed by atoms with Crippen molar-refractivity contribution in [1.29, 1.82) is 0 Å². The highest BCUT2D eigenvalue weighted by Crippen LogP contribution is 2.22. The molecule has 0 spiro atoms. The second kappa shape index (κ2) is 9.74. The number of anilines is 1. The number of H-pyrrole nitrogens is 1. The van der Waals surface area contributed by atoms with Crippen molar-refractivity contribution in [2.45, 2.75) is 37.8 Å². The Morgan fingerprint density at radius 2 is 1.69 bits per heavy atom. The van der Waals surface area contributed by atoms with Crippen molar-refractivity contribution >= 4 is 17.5 Å². The smallest absolute Gasteiger partial charge is 0.274 e. The van der Waals surface area contributed by atoms with Crippen LogP contribution in [0.25, 0.3) is 0 Å². The van der Waals surface area contributed by atoms with Crippen LogP contribution in [0.2, 0.25) is 0 Å². The van der Waals surface area contributed by atoms with Gasteiger partial charge in [0.25, 0.3) is 11.8 Å². The Morgan fingerprint density at radius 1 is 1.03 bits per heavy atom. The van der Waals surface area contributed by atoms with Crippen LogP contribution in [0.15, 0.2) is 24.4 Å². The number of carbonyl (C=O) groups is 2. The van der Waals surface area contributed by atoms with Crippen molar-refractivity contribution in [2.24, 2.45) is 0 Å². The van der Waals surface area contributed by atoms with Crippen molar-refractivity contribution in [2.75, 3.05) is 38.5 Å². The van der Waals surface area contributed by atoms with Gasteiger partial charge in [0, 0.05) is 31.4 Å². The second-order valence-electron chi connectivity index (χ2n) is 8.52. The molecule has 2 aliphatic rings. The summed E-state index contributed by atoms with van der Waals surface area (Å²) in [6.07, 6.45) is 5.34. The van der Waals surface area contributed by atoms with Gasteiger partial charge in [-0.25, -0.2) is 8.78 Å². The molecule has 0 aliphatic carbocycles. The third-order valence-electron chi connectivity index (χ3n) is 6.36. The van der Waals surface area contributed by atoms with Gasteiger partial charge in [-0.3, -0.25) is 14.7 Å². The number of aromatic amines is 1. The maximum atomic E-state index is 13.9. The number of hydrogen-bond acceptors (Lipinski definition) is 5. The summed E-state index contributed by atoms with van der Waals surface area (Å²) in [6.45, 7) is 4.09. The summed E-state index contributed by atoms with van der Waals surface area (Å²) in [5, 5.41) is 11.8. The molecule has 1 aromatic heterocycles. The lowest BCUT2D eigenvalue weighted by Gasteiger charge is -2.41. The zero-order valence-corrected chi connectivity index (χ0v) is 18.0. The molecule has 2 aromatic rings. The third-order valence-corrected chi connectivity index (χ3v) is 6.36. The predicted octanol–water partition coefficient (Wildman–Crippen LogP) is 2.23. The lowest BCUT2D eigenvalue weighted by molar-refractivity contribution is 0.0804. The molecule has 0 atom stereocenters. The fourth-order valence-corrected chi connectivity index (χ4v) is 4.48. The molecule has 4 rings (SSSR count). The summed E-state index contributed by atoms with van der Waals surface area (Å²) in [5.74, 6) is -3.38. The first-order chi connectivity index (χ1) is 15.4. The first-order valence-corrected chi connectivity index (χ1v) is 10.9. The first kappa shape index (κ1) is 22.3. The Morgan fingerprint density at radius 3 is 2.34 bits per heavy atom. The van der Waals surface area contributed by atoms with Gasteiger partial charge in [0.2, 0.25) is 0 Å². The molecule has 3 heterocycles. The first-order valence-electron chi connectivity index (χ1n) is 10.9. The van der Waals surface area contributed by atoms with Crippen LogP contribution in [-0.2, 0) is 0 Å². The molecule has 2 saturated heterocycles. The van der Waals surface area contributed by atoms with E-state index in [1.54, 1.807) is 0 Å². The van der Waals surface area contributed by atoms with Gasteiger partial charge in [-0.2, -0.15) is 5.10 Å². The number of halogens is 2. The second-order valence-corrected chi connectivity index (χ2v) is 8.52. The third kappa shape index (κ3) is 4.97. The zero-order valence-electron chi connectivity index (χ0n) is 18.0. The Labute approximate surface area is 185 Å². The number of carbonyl (C=O) groups excluding carboxylic acids is 2. The van der Waals surface area contributed by atoms with E-state index in [0.717, 1.165) is 51.2 Å². The van der Waals surface area contributed by atoms with Gasteiger partial charge in [-0.15, -0.1) is 0 Å². The van der Waals surface area contributed by atoms with Crippen LogP contribution in [0.5, 0.6) is 0 Å². The average Bonchev–Trinajstić information content (AvgIpc) is 3.23. The summed E-state index contributed by atoms with van der Waals surface area (Å²) in [7, 11) is 2.15. The van der Waals surface area contributed by atoms with Crippen LogP contribution in [0.1, 0.15) is 46.5 Å². The number of nitrogens with zero attached hydrogens (tertiary/aromatic N) is 3. The van der Waals surface area contributed by atoms with Crippen molar-refractivity contribution < 1.29 is 18.4 Å². The minimum Gasteiger partial charge on any atom is -0.348 e. The van der Waals surface area contributed by atoms with Crippen LogP contribution in [0.4, 0.5) is 14.5 Å². The van der Waals surface area contributed by atoms with Crippen molar-refractivity contribution in [3.8, 4) is 0 Å². The van der Waals surface area contributed by atoms with Crippen molar-refractivity contribution in [3.63, 3.8) is 0 Å². The molecule has 0 radical (unpaired) electrons. The van der Waals surface area contributed by atoms with E-state index in [2.05, 4.69) is 37.7 Å². The minimum absolute atomic E-state index is 0.00859. The zero-order chi connectivity index (χ0) is 22.7. The summed E-state index contributed by atoms with van der Waals surface area (Å²) >= 11 is 0. The van der Waals surface area contributed by atoms with Crippen LogP contribution in [-0.4, -0.2) is 77.1 Å². The maximum absolute atomic E-state index is 13.9. The van der Waals surface area contributed by atoms with E-state index in [4.69, 9.17) is 0 Å². The van der Waals surface area contributed by atoms with Crippen LogP contribution in [0.3, 0.4) is 0 Å². The molecule has 3 N–H and O–H groups in total. The van der Waals surface area contributed by atoms with Crippen molar-refractivity contribution in [3.05, 3.63) is 47.3 Å². The number of nitrogens with one attached hydrogen (secondary N) is 3. The van der Waals surface area contributed by atoms with Gasteiger partial charge in [-0.1, -0.05) is 6.07 Å². The van der Waals surface area contributed by atoms with Gasteiger partial charge >= 0.3 is 0 Å². The van der Waals surface area contributed by atoms with Crippen molar-refractivity contribution in [1.82, 2.24) is 25.3 Å². The lowest BCUT2D eigenvalue weighted by atomic mass is 9.98. The van der Waals surface area contributed by atoms with E-state index in [1.807, 2.05) is 0 Å². The highest BCUT2D eigenvalue weighted by atomic mass is 19.1. The molecule has 8 nitrogen and oxygen atoms in total. The molecule has 2 aliphatic heterocycles. The summed E-state index contributed by atoms with van der Waals surface area (Å²) < 4.78 is 27.7. The number of benzene rings is 1. The normalized spacial score (nSPS) is 19.1. The van der Waals surface area contributed by atoms with E-state index < -0.39 is 29.0 Å². The molecule has 2 fully saturated rings. The fraction of sp³-hybridized carbons (Fsp3) is 0.500. The molecule has 10 heteroatoms. The number of likely N-dealkylation sites (tertiary alicyclic amines) is 2. The molecule has 0 saturated carbocycles. The summed E-state index contributed by atoms with van der Waals surface area (Å²) in [4.78, 5) is 30.0. The highest BCUT2D eigenvalue weighted by molar-refractivity contribution is 6.08. The molecule has 2 amide bonds. The molecular weight excluding hydrogens is 418 g/mol. The molecule has 0 unspecified atom stereocenters. The van der Waals surface area contributed by atoms with Crippen LogP contribution in [0, 0.1) is 11.6 Å². The number of amides is 2. The predicted molar refractivity (Wildman–Crippen MR) is 115 cm³/mol. The summed E-state index contributed by atoms with van der Waals surface area (Å²) in [6, 6.07) is 3.79. The topological polar surface area (TPSA) is 93.4 Å². The Bertz CT molecular complexity index is 945. The fourth-order valence-electron chi connectivity index (χ4n) is 4.48. The average molecular weight is 447 g/mol. The SMILES string of the molecule is CN1CCC(N2CCC(NC(=O)c3n[nH]cc3NC(=O)c3c(F)cccc3F)CC2)CC1. The van der Waals surface area contributed by atoms with E-state index in [-0.39, 0.29) is 17.4 Å².